The number of carbonyl (C=O) groups excluding carboxylic acids is 2. The second kappa shape index (κ2) is 9.61. The summed E-state index contributed by atoms with van der Waals surface area (Å²) in [6.07, 6.45) is 5.87. The molecule has 7 nitrogen and oxygen atoms in total. The van der Waals surface area contributed by atoms with Crippen LogP contribution in [0.25, 0.3) is 0 Å². The van der Waals surface area contributed by atoms with Gasteiger partial charge < -0.3 is 15.0 Å². The minimum absolute atomic E-state index is 0.176. The number of nitrogens with zero attached hydrogens (tertiary/aromatic N) is 1. The Bertz CT molecular complexity index is 929. The van der Waals surface area contributed by atoms with Crippen LogP contribution in [-0.4, -0.2) is 34.8 Å². The molecule has 1 aromatic carbocycles. The lowest BCUT2D eigenvalue weighted by atomic mass is 10.1. The molecule has 0 aliphatic heterocycles. The number of rotatable bonds is 8. The van der Waals surface area contributed by atoms with E-state index in [2.05, 4.69) is 20.0 Å². The number of hydrogen-bond donors (Lipinski definition) is 3. The summed E-state index contributed by atoms with van der Waals surface area (Å²) in [4.78, 5) is 31.2. The van der Waals surface area contributed by atoms with Crippen LogP contribution in [0, 0.1) is 0 Å². The molecule has 0 bridgehead atoms. The quantitative estimate of drug-likeness (QED) is 0.233. The summed E-state index contributed by atoms with van der Waals surface area (Å²) >= 11 is 1.21. The fourth-order valence-corrected chi connectivity index (χ4v) is 3.19. The van der Waals surface area contributed by atoms with Crippen molar-refractivity contribution in [1.82, 2.24) is 14.7 Å². The van der Waals surface area contributed by atoms with Gasteiger partial charge in [0.05, 0.1) is 18.7 Å². The SMILES string of the molecule is COC(=O)c1[nH]cc(Cc2cccnc2)c1N[14CH2]SNC(=O)c1ccccc1. The number of aromatic nitrogens is 2. The zero-order valence-electron chi connectivity index (χ0n) is 15.3. The minimum atomic E-state index is -0.460. The number of hydrogen-bond acceptors (Lipinski definition) is 6. The minimum Gasteiger partial charge on any atom is -0.464 e. The normalized spacial score (nSPS) is 10.3. The van der Waals surface area contributed by atoms with E-state index in [1.165, 1.54) is 19.1 Å². The van der Waals surface area contributed by atoms with Gasteiger partial charge in [-0.3, -0.25) is 14.5 Å². The molecular formula is C20H20N4O3S. The fourth-order valence-electron chi connectivity index (χ4n) is 2.65. The third-order valence-electron chi connectivity index (χ3n) is 3.99. The molecule has 2 aromatic heterocycles. The average Bonchev–Trinajstić information content (AvgIpc) is 3.14. The van der Waals surface area contributed by atoms with Gasteiger partial charge in [0.15, 0.2) is 0 Å². The molecule has 0 aliphatic rings. The highest BCUT2D eigenvalue weighted by Crippen LogP contribution is 2.25. The van der Waals surface area contributed by atoms with Crippen molar-refractivity contribution < 1.29 is 14.3 Å². The second-order valence-corrected chi connectivity index (χ2v) is 6.64. The lowest BCUT2D eigenvalue weighted by molar-refractivity contribution is 0.0595. The predicted molar refractivity (Wildman–Crippen MR) is 109 cm³/mol. The number of carbonyl (C=O) groups is 2. The maximum Gasteiger partial charge on any atom is 0.356 e. The van der Waals surface area contributed by atoms with Crippen LogP contribution in [0.4, 0.5) is 5.69 Å². The summed E-state index contributed by atoms with van der Waals surface area (Å²) in [5.74, 6) is -0.260. The monoisotopic (exact) mass is 398 g/mol. The molecule has 0 saturated carbocycles. The molecule has 0 fully saturated rings. The summed E-state index contributed by atoms with van der Waals surface area (Å²) in [7, 11) is 1.34. The van der Waals surface area contributed by atoms with Crippen molar-refractivity contribution in [2.75, 3.05) is 18.3 Å². The van der Waals surface area contributed by atoms with Gasteiger partial charge in [0.1, 0.15) is 5.69 Å². The number of ether oxygens (including phenoxy) is 1. The van der Waals surface area contributed by atoms with Gasteiger partial charge in [-0.05, 0) is 41.3 Å². The summed E-state index contributed by atoms with van der Waals surface area (Å²) < 4.78 is 7.62. The Morgan fingerprint density at radius 3 is 2.75 bits per heavy atom. The van der Waals surface area contributed by atoms with Crippen LogP contribution < -0.4 is 10.0 Å². The summed E-state index contributed by atoms with van der Waals surface area (Å²) in [5.41, 5.74) is 3.51. The summed E-state index contributed by atoms with van der Waals surface area (Å²) in [5, 5.41) is 3.20. The molecule has 144 valence electrons. The Balaban J connectivity index is 1.65. The molecule has 3 N–H and O–H groups in total. The van der Waals surface area contributed by atoms with E-state index in [1.54, 1.807) is 30.7 Å². The maximum absolute atomic E-state index is 12.1. The third-order valence-corrected chi connectivity index (χ3v) is 4.61. The lowest BCUT2D eigenvalue weighted by Gasteiger charge is -2.10. The molecule has 0 atom stereocenters. The summed E-state index contributed by atoms with van der Waals surface area (Å²) in [6, 6.07) is 12.8. The number of nitrogens with one attached hydrogen (secondary N) is 3. The lowest BCUT2D eigenvalue weighted by Crippen LogP contribution is -2.18. The van der Waals surface area contributed by atoms with Gasteiger partial charge in [0.2, 0.25) is 0 Å². The molecule has 8 heteroatoms. The number of methoxy groups -OCH3 is 1. The second-order valence-electron chi connectivity index (χ2n) is 5.86. The number of benzene rings is 1. The number of esters is 1. The van der Waals surface area contributed by atoms with Crippen LogP contribution in [0.1, 0.15) is 32.0 Å². The first-order chi connectivity index (χ1) is 13.7. The van der Waals surface area contributed by atoms with Gasteiger partial charge in [0, 0.05) is 30.6 Å². The molecule has 0 unspecified atom stereocenters. The number of H-pyrrole nitrogens is 1. The zero-order valence-corrected chi connectivity index (χ0v) is 16.1. The molecule has 1 amide bonds. The van der Waals surface area contributed by atoms with Crippen LogP contribution in [0.5, 0.6) is 0 Å². The van der Waals surface area contributed by atoms with Gasteiger partial charge in [-0.15, -0.1) is 0 Å². The highest BCUT2D eigenvalue weighted by atomic mass is 32.2. The highest BCUT2D eigenvalue weighted by molar-refractivity contribution is 7.98. The smallest absolute Gasteiger partial charge is 0.356 e. The predicted octanol–water partition coefficient (Wildman–Crippen LogP) is 3.23. The topological polar surface area (TPSA) is 96.1 Å². The molecule has 0 spiro atoms. The van der Waals surface area contributed by atoms with Gasteiger partial charge in [-0.1, -0.05) is 24.3 Å². The average molecular weight is 398 g/mol. The Morgan fingerprint density at radius 1 is 1.21 bits per heavy atom. The van der Waals surface area contributed by atoms with E-state index < -0.39 is 5.97 Å². The number of amides is 1. The molecule has 2 heterocycles. The van der Waals surface area contributed by atoms with Crippen LogP contribution in [0.15, 0.2) is 61.1 Å². The Morgan fingerprint density at radius 2 is 2.04 bits per heavy atom. The van der Waals surface area contributed by atoms with E-state index in [1.807, 2.05) is 30.3 Å². The molecule has 0 radical (unpaired) electrons. The van der Waals surface area contributed by atoms with E-state index in [4.69, 9.17) is 4.74 Å². The van der Waals surface area contributed by atoms with Crippen molar-refractivity contribution in [3.8, 4) is 0 Å². The first-order valence-electron chi connectivity index (χ1n) is 8.57. The number of pyridine rings is 1. The van der Waals surface area contributed by atoms with Gasteiger partial charge in [-0.2, -0.15) is 0 Å². The van der Waals surface area contributed by atoms with E-state index in [9.17, 15) is 9.59 Å². The van der Waals surface area contributed by atoms with E-state index in [0.717, 1.165) is 11.1 Å². The molecule has 0 saturated heterocycles. The van der Waals surface area contributed by atoms with Crippen LogP contribution >= 0.6 is 11.9 Å². The maximum atomic E-state index is 12.1. The van der Waals surface area contributed by atoms with Crippen LogP contribution in [-0.2, 0) is 11.2 Å². The van der Waals surface area contributed by atoms with Gasteiger partial charge in [-0.25, -0.2) is 4.79 Å². The number of aromatic amines is 1. The molecule has 3 rings (SSSR count). The summed E-state index contributed by atoms with van der Waals surface area (Å²) in [6.45, 7) is 0. The Labute approximate surface area is 167 Å². The van der Waals surface area contributed by atoms with Crippen molar-refractivity contribution >= 4 is 29.5 Å². The Kier molecular flexibility index (Phi) is 6.69. The van der Waals surface area contributed by atoms with Crippen LogP contribution in [0.2, 0.25) is 0 Å². The van der Waals surface area contributed by atoms with Gasteiger partial charge in [0.25, 0.3) is 5.91 Å². The first-order valence-corrected chi connectivity index (χ1v) is 9.56. The first kappa shape index (κ1) is 19.5. The molecule has 0 aliphatic carbocycles. The van der Waals surface area contributed by atoms with Crippen molar-refractivity contribution in [2.24, 2.45) is 0 Å². The van der Waals surface area contributed by atoms with E-state index in [-0.39, 0.29) is 5.91 Å². The van der Waals surface area contributed by atoms with Crippen molar-refractivity contribution in [2.45, 2.75) is 6.42 Å². The molecular weight excluding hydrogens is 378 g/mol. The van der Waals surface area contributed by atoms with Crippen molar-refractivity contribution in [3.63, 3.8) is 0 Å². The van der Waals surface area contributed by atoms with Crippen molar-refractivity contribution in [1.29, 1.82) is 0 Å². The van der Waals surface area contributed by atoms with Gasteiger partial charge >= 0.3 is 5.97 Å². The van der Waals surface area contributed by atoms with Crippen LogP contribution in [0.3, 0.4) is 0 Å². The number of anilines is 1. The molecule has 28 heavy (non-hydrogen) atoms. The van der Waals surface area contributed by atoms with E-state index in [0.29, 0.717) is 29.2 Å². The van der Waals surface area contributed by atoms with Crippen molar-refractivity contribution in [3.05, 3.63) is 83.4 Å². The molecule has 3 aromatic rings. The largest absolute Gasteiger partial charge is 0.464 e. The zero-order chi connectivity index (χ0) is 19.8. The Hall–Kier alpha value is -3.26. The third kappa shape index (κ3) is 4.92. The fraction of sp³-hybridized carbons (Fsp3) is 0.150. The highest BCUT2D eigenvalue weighted by Gasteiger charge is 2.18. The standard InChI is InChI=1S/C20H20N4O3S/c1-27-20(26)18-17(16(12-22-18)10-14-6-5-9-21-11-14)23-13-28-24-19(25)15-7-3-2-4-8-15/h2-9,11-12,22-23H,10,13H2,1H3,(H,24,25)/i13+2. The van der Waals surface area contributed by atoms with E-state index >= 15 is 0 Å².